The van der Waals surface area contributed by atoms with Crippen molar-refractivity contribution in [3.63, 3.8) is 0 Å². The topological polar surface area (TPSA) is 70.7 Å². The number of benzene rings is 2. The Kier molecular flexibility index (Phi) is 8.26. The summed E-state index contributed by atoms with van der Waals surface area (Å²) in [5, 5.41) is 5.66. The first-order valence-electron chi connectivity index (χ1n) is 10.4. The molecule has 0 radical (unpaired) electrons. The van der Waals surface area contributed by atoms with E-state index < -0.39 is 11.7 Å². The van der Waals surface area contributed by atoms with E-state index in [1.54, 1.807) is 7.11 Å². The Hall–Kier alpha value is -2.64. The largest absolute Gasteiger partial charge is 0.496 e. The maximum atomic E-state index is 13.1. The summed E-state index contributed by atoms with van der Waals surface area (Å²) >= 11 is 5.90. The Balaban J connectivity index is 1.53. The van der Waals surface area contributed by atoms with E-state index in [2.05, 4.69) is 15.5 Å². The lowest BCUT2D eigenvalue weighted by Gasteiger charge is -2.29. The van der Waals surface area contributed by atoms with Gasteiger partial charge in [-0.1, -0.05) is 29.8 Å². The van der Waals surface area contributed by atoms with E-state index in [-0.39, 0.29) is 35.5 Å². The van der Waals surface area contributed by atoms with E-state index in [9.17, 15) is 14.0 Å². The number of halogens is 2. The molecule has 0 spiro atoms. The van der Waals surface area contributed by atoms with Gasteiger partial charge in [0.15, 0.2) is 0 Å². The predicted octanol–water partition coefficient (Wildman–Crippen LogP) is 3.56. The fourth-order valence-electron chi connectivity index (χ4n) is 3.79. The smallest absolute Gasteiger partial charge is 0.252 e. The first kappa shape index (κ1) is 23.0. The van der Waals surface area contributed by atoms with Gasteiger partial charge in [0, 0.05) is 25.1 Å². The van der Waals surface area contributed by atoms with E-state index in [0.717, 1.165) is 43.3 Å². The SMILES string of the molecule is COc1ccccc1C(CNC(=O)CCNC(=O)c1ccc(F)cc1Cl)N1CCCC1. The van der Waals surface area contributed by atoms with Gasteiger partial charge in [-0.05, 0) is 50.2 Å². The van der Waals surface area contributed by atoms with Crippen LogP contribution in [0.3, 0.4) is 0 Å². The average molecular weight is 448 g/mol. The third kappa shape index (κ3) is 6.18. The van der Waals surface area contributed by atoms with Crippen molar-refractivity contribution in [2.75, 3.05) is 33.3 Å². The highest BCUT2D eigenvalue weighted by Crippen LogP contribution is 2.31. The lowest BCUT2D eigenvalue weighted by Crippen LogP contribution is -2.38. The van der Waals surface area contributed by atoms with Crippen LogP contribution in [0.15, 0.2) is 42.5 Å². The number of amides is 2. The fourth-order valence-corrected chi connectivity index (χ4v) is 4.04. The van der Waals surface area contributed by atoms with Gasteiger partial charge in [0.1, 0.15) is 11.6 Å². The molecule has 1 unspecified atom stereocenters. The maximum Gasteiger partial charge on any atom is 0.252 e. The fraction of sp³-hybridized carbons (Fsp3) is 0.391. The predicted molar refractivity (Wildman–Crippen MR) is 118 cm³/mol. The second-order valence-corrected chi connectivity index (χ2v) is 7.84. The lowest BCUT2D eigenvalue weighted by molar-refractivity contribution is -0.121. The zero-order valence-corrected chi connectivity index (χ0v) is 18.3. The molecule has 2 aromatic carbocycles. The van der Waals surface area contributed by atoms with Gasteiger partial charge in [-0.15, -0.1) is 0 Å². The van der Waals surface area contributed by atoms with Crippen LogP contribution in [-0.4, -0.2) is 50.0 Å². The summed E-state index contributed by atoms with van der Waals surface area (Å²) in [6.45, 7) is 2.57. The second kappa shape index (κ2) is 11.1. The van der Waals surface area contributed by atoms with Gasteiger partial charge in [0.25, 0.3) is 5.91 Å². The Bertz CT molecular complexity index is 919. The van der Waals surface area contributed by atoms with Crippen LogP contribution in [0.2, 0.25) is 5.02 Å². The number of rotatable bonds is 9. The zero-order valence-electron chi connectivity index (χ0n) is 17.5. The van der Waals surface area contributed by atoms with Gasteiger partial charge >= 0.3 is 0 Å². The molecule has 2 N–H and O–H groups in total. The molecule has 6 nitrogen and oxygen atoms in total. The summed E-state index contributed by atoms with van der Waals surface area (Å²) in [4.78, 5) is 26.9. The van der Waals surface area contributed by atoms with Gasteiger partial charge in [0.2, 0.25) is 5.91 Å². The van der Waals surface area contributed by atoms with E-state index >= 15 is 0 Å². The molecule has 2 aromatic rings. The van der Waals surface area contributed by atoms with Crippen LogP contribution >= 0.6 is 11.6 Å². The van der Waals surface area contributed by atoms with Crippen LogP contribution in [0.4, 0.5) is 4.39 Å². The molecule has 1 atom stereocenters. The van der Waals surface area contributed by atoms with Crippen LogP contribution in [-0.2, 0) is 4.79 Å². The third-order valence-corrected chi connectivity index (χ3v) is 5.70. The summed E-state index contributed by atoms with van der Waals surface area (Å²) in [5.74, 6) is -0.313. The number of para-hydroxylation sites is 1. The van der Waals surface area contributed by atoms with Gasteiger partial charge < -0.3 is 15.4 Å². The highest BCUT2D eigenvalue weighted by atomic mass is 35.5. The second-order valence-electron chi connectivity index (χ2n) is 7.43. The number of hydrogen-bond acceptors (Lipinski definition) is 4. The normalized spacial score (nSPS) is 14.8. The molecule has 0 aliphatic carbocycles. The van der Waals surface area contributed by atoms with Crippen LogP contribution in [0.5, 0.6) is 5.75 Å². The molecule has 2 amide bonds. The molecule has 0 bridgehead atoms. The minimum atomic E-state index is -0.511. The molecule has 1 aliphatic heterocycles. The van der Waals surface area contributed by atoms with E-state index in [0.29, 0.717) is 6.54 Å². The zero-order chi connectivity index (χ0) is 22.2. The molecule has 8 heteroatoms. The molecule has 1 aliphatic rings. The molecule has 1 heterocycles. The number of methoxy groups -OCH3 is 1. The van der Waals surface area contributed by atoms with Crippen molar-refractivity contribution in [1.82, 2.24) is 15.5 Å². The first-order valence-corrected chi connectivity index (χ1v) is 10.7. The molecule has 3 rings (SSSR count). The molecule has 1 saturated heterocycles. The number of nitrogens with zero attached hydrogens (tertiary/aromatic N) is 1. The van der Waals surface area contributed by atoms with Crippen molar-refractivity contribution in [2.24, 2.45) is 0 Å². The molecule has 1 fully saturated rings. The molecule has 0 saturated carbocycles. The quantitative estimate of drug-likeness (QED) is 0.616. The third-order valence-electron chi connectivity index (χ3n) is 5.39. The molecule has 0 aromatic heterocycles. The molecular weight excluding hydrogens is 421 g/mol. The molecular formula is C23H27ClFN3O3. The van der Waals surface area contributed by atoms with Crippen molar-refractivity contribution in [3.05, 3.63) is 64.4 Å². The van der Waals surface area contributed by atoms with Gasteiger partial charge in [0.05, 0.1) is 23.7 Å². The summed E-state index contributed by atoms with van der Waals surface area (Å²) < 4.78 is 18.6. The van der Waals surface area contributed by atoms with E-state index in [4.69, 9.17) is 16.3 Å². The number of carbonyl (C=O) groups is 2. The van der Waals surface area contributed by atoms with Crippen molar-refractivity contribution in [1.29, 1.82) is 0 Å². The number of ether oxygens (including phenoxy) is 1. The van der Waals surface area contributed by atoms with Crippen LogP contribution in [0, 0.1) is 5.82 Å². The number of nitrogens with one attached hydrogen (secondary N) is 2. The average Bonchev–Trinajstić information content (AvgIpc) is 3.28. The van der Waals surface area contributed by atoms with Crippen LogP contribution in [0.25, 0.3) is 0 Å². The molecule has 166 valence electrons. The van der Waals surface area contributed by atoms with Crippen molar-refractivity contribution < 1.29 is 18.7 Å². The lowest BCUT2D eigenvalue weighted by atomic mass is 10.0. The number of likely N-dealkylation sites (tertiary alicyclic amines) is 1. The monoisotopic (exact) mass is 447 g/mol. The van der Waals surface area contributed by atoms with E-state index in [1.165, 1.54) is 12.1 Å². The summed E-state index contributed by atoms with van der Waals surface area (Å²) in [7, 11) is 1.65. The summed E-state index contributed by atoms with van der Waals surface area (Å²) in [5.41, 5.74) is 1.22. The Morgan fingerprint density at radius 2 is 1.90 bits per heavy atom. The van der Waals surface area contributed by atoms with Crippen molar-refractivity contribution >= 4 is 23.4 Å². The Labute approximate surface area is 186 Å². The minimum Gasteiger partial charge on any atom is -0.496 e. The van der Waals surface area contributed by atoms with Gasteiger partial charge in [-0.25, -0.2) is 4.39 Å². The van der Waals surface area contributed by atoms with Crippen molar-refractivity contribution in [2.45, 2.75) is 25.3 Å². The van der Waals surface area contributed by atoms with Crippen molar-refractivity contribution in [3.8, 4) is 5.75 Å². The highest BCUT2D eigenvalue weighted by molar-refractivity contribution is 6.33. The number of carbonyl (C=O) groups excluding carboxylic acids is 2. The van der Waals surface area contributed by atoms with Gasteiger partial charge in [-0.2, -0.15) is 0 Å². The Morgan fingerprint density at radius 1 is 1.16 bits per heavy atom. The summed E-state index contributed by atoms with van der Waals surface area (Å²) in [6, 6.07) is 11.5. The minimum absolute atomic E-state index is 0.0233. The maximum absolute atomic E-state index is 13.1. The first-order chi connectivity index (χ1) is 15.0. The highest BCUT2D eigenvalue weighted by Gasteiger charge is 2.26. The molecule has 31 heavy (non-hydrogen) atoms. The Morgan fingerprint density at radius 3 is 2.61 bits per heavy atom. The standard InChI is InChI=1S/C23H27ClFN3O3/c1-31-21-7-3-2-6-18(21)20(28-12-4-5-13-28)15-27-22(29)10-11-26-23(30)17-9-8-16(25)14-19(17)24/h2-3,6-9,14,20H,4-5,10-13,15H2,1H3,(H,26,30)(H,27,29). The van der Waals surface area contributed by atoms with Crippen LogP contribution < -0.4 is 15.4 Å². The van der Waals surface area contributed by atoms with Crippen LogP contribution in [0.1, 0.15) is 41.2 Å². The summed E-state index contributed by atoms with van der Waals surface area (Å²) in [6.07, 6.45) is 2.40. The number of hydrogen-bond donors (Lipinski definition) is 2. The van der Waals surface area contributed by atoms with E-state index in [1.807, 2.05) is 24.3 Å². The van der Waals surface area contributed by atoms with Gasteiger partial charge in [-0.3, -0.25) is 14.5 Å².